The molecule has 2 fully saturated rings. The van der Waals surface area contributed by atoms with Crippen molar-refractivity contribution in [1.82, 2.24) is 30.2 Å². The van der Waals surface area contributed by atoms with Gasteiger partial charge in [0, 0.05) is 42.8 Å². The van der Waals surface area contributed by atoms with Crippen LogP contribution in [0, 0.1) is 12.7 Å². The Labute approximate surface area is 221 Å². The van der Waals surface area contributed by atoms with Crippen LogP contribution in [0.3, 0.4) is 0 Å². The number of halogens is 3. The van der Waals surface area contributed by atoms with Crippen LogP contribution in [0.4, 0.5) is 30.5 Å². The van der Waals surface area contributed by atoms with E-state index in [9.17, 15) is 13.6 Å². The number of amides is 1. The highest BCUT2D eigenvalue weighted by Crippen LogP contribution is 2.36. The Bertz CT molecular complexity index is 1530. The average molecular weight is 539 g/mol. The second kappa shape index (κ2) is 9.73. The molecular weight excluding hydrogens is 513 g/mol. The molecule has 13 heteroatoms. The highest BCUT2D eigenvalue weighted by Gasteiger charge is 2.47. The number of ether oxygens (including phenoxy) is 1. The van der Waals surface area contributed by atoms with Crippen LogP contribution >= 0.6 is 0 Å². The largest absolute Gasteiger partial charge is 0.435 e. The molecular formula is C26H25F3N8O2. The number of aromatic nitrogens is 4. The summed E-state index contributed by atoms with van der Waals surface area (Å²) in [6.07, 6.45) is 2.85. The summed E-state index contributed by atoms with van der Waals surface area (Å²) in [4.78, 5) is 32.2. The van der Waals surface area contributed by atoms with Gasteiger partial charge in [-0.25, -0.2) is 28.1 Å². The maximum Gasteiger partial charge on any atom is 0.282 e. The van der Waals surface area contributed by atoms with Crippen molar-refractivity contribution in [3.05, 3.63) is 59.9 Å². The first-order valence-corrected chi connectivity index (χ1v) is 12.4. The number of alkyl halides is 2. The molecule has 202 valence electrons. The van der Waals surface area contributed by atoms with Crippen molar-refractivity contribution >= 4 is 34.1 Å². The van der Waals surface area contributed by atoms with Crippen molar-refractivity contribution in [2.45, 2.75) is 12.8 Å². The Balaban J connectivity index is 1.33. The monoisotopic (exact) mass is 538 g/mol. The molecule has 4 aromatic rings. The van der Waals surface area contributed by atoms with Gasteiger partial charge in [-0.2, -0.15) is 0 Å². The zero-order chi connectivity index (χ0) is 27.1. The molecule has 10 nitrogen and oxygen atoms in total. The van der Waals surface area contributed by atoms with Gasteiger partial charge in [0.25, 0.3) is 11.8 Å². The lowest BCUT2D eigenvalue weighted by Gasteiger charge is -2.38. The maximum atomic E-state index is 15.3. The quantitative estimate of drug-likeness (QED) is 0.340. The number of nitrogens with zero attached hydrogens (tertiary/aromatic N) is 5. The molecule has 5 heterocycles. The van der Waals surface area contributed by atoms with E-state index >= 15 is 4.39 Å². The van der Waals surface area contributed by atoms with Crippen LogP contribution in [0.15, 0.2) is 42.9 Å². The van der Waals surface area contributed by atoms with E-state index in [-0.39, 0.29) is 23.0 Å². The molecule has 2 aliphatic rings. The predicted octanol–water partition coefficient (Wildman–Crippen LogP) is 3.84. The van der Waals surface area contributed by atoms with Crippen molar-refractivity contribution in [2.75, 3.05) is 49.5 Å². The number of aromatic amines is 1. The average Bonchev–Trinajstić information content (AvgIpc) is 3.31. The standard InChI is InChI=1S/C26H25F3N8O2/c1-15-10-17-18(34-15)3-4-19(22(17)27)39-24-21(25(38)37-12-26(28,29)13-37)23(32-14-33-24)35-20-5-2-16(11-31-20)36-8-6-30-7-9-36/h2-5,10-11,14,30,34H,6-9,12-13H2,1H3,(H,31,32,33,35). The molecule has 3 aromatic heterocycles. The number of fused-ring (bicyclic) bond motifs is 1. The lowest BCUT2D eigenvalue weighted by Crippen LogP contribution is -2.58. The van der Waals surface area contributed by atoms with Crippen molar-refractivity contribution in [1.29, 1.82) is 0 Å². The van der Waals surface area contributed by atoms with Gasteiger partial charge in [0.2, 0.25) is 5.88 Å². The number of anilines is 3. The summed E-state index contributed by atoms with van der Waals surface area (Å²) < 4.78 is 48.3. The van der Waals surface area contributed by atoms with Gasteiger partial charge in [0.1, 0.15) is 17.7 Å². The van der Waals surface area contributed by atoms with Gasteiger partial charge in [-0.3, -0.25) is 4.79 Å². The molecule has 3 N–H and O–H groups in total. The molecule has 0 bridgehead atoms. The van der Waals surface area contributed by atoms with E-state index in [1.54, 1.807) is 31.3 Å². The Hall–Kier alpha value is -4.39. The van der Waals surface area contributed by atoms with Gasteiger partial charge < -0.3 is 30.2 Å². The zero-order valence-corrected chi connectivity index (χ0v) is 21.0. The minimum absolute atomic E-state index is 0.00149. The minimum Gasteiger partial charge on any atom is -0.435 e. The van der Waals surface area contributed by atoms with Crippen LogP contribution in [0.25, 0.3) is 10.9 Å². The number of piperazine rings is 1. The number of carbonyl (C=O) groups is 1. The summed E-state index contributed by atoms with van der Waals surface area (Å²) in [6.45, 7) is 3.76. The normalized spacial score (nSPS) is 16.7. The number of hydrogen-bond acceptors (Lipinski definition) is 8. The van der Waals surface area contributed by atoms with Crippen LogP contribution in [0.2, 0.25) is 0 Å². The first kappa shape index (κ1) is 24.9. The van der Waals surface area contributed by atoms with Crippen LogP contribution in [-0.4, -0.2) is 75.9 Å². The number of pyridine rings is 1. The predicted molar refractivity (Wildman–Crippen MR) is 139 cm³/mol. The number of carbonyl (C=O) groups excluding carboxylic acids is 1. The third-order valence-electron chi connectivity index (χ3n) is 6.68. The summed E-state index contributed by atoms with van der Waals surface area (Å²) in [5.74, 6) is -4.47. The molecule has 0 saturated carbocycles. The van der Waals surface area contributed by atoms with E-state index in [1.165, 1.54) is 6.07 Å². The second-order valence-electron chi connectivity index (χ2n) is 9.58. The summed E-state index contributed by atoms with van der Waals surface area (Å²) in [5, 5.41) is 6.58. The summed E-state index contributed by atoms with van der Waals surface area (Å²) in [5.41, 5.74) is 2.08. The fourth-order valence-electron chi connectivity index (χ4n) is 4.71. The van der Waals surface area contributed by atoms with E-state index in [4.69, 9.17) is 4.74 Å². The SMILES string of the molecule is Cc1cc2c(F)c(Oc3ncnc(Nc4ccc(N5CCNCC5)cn4)c3C(=O)N3CC(F)(F)C3)ccc2[nH]1. The van der Waals surface area contributed by atoms with Gasteiger partial charge in [-0.15, -0.1) is 0 Å². The molecule has 2 saturated heterocycles. The number of H-pyrrole nitrogens is 1. The zero-order valence-electron chi connectivity index (χ0n) is 21.0. The van der Waals surface area contributed by atoms with Gasteiger partial charge in [-0.05, 0) is 37.3 Å². The van der Waals surface area contributed by atoms with E-state index in [0.29, 0.717) is 16.7 Å². The lowest BCUT2D eigenvalue weighted by molar-refractivity contribution is -0.113. The molecule has 0 radical (unpaired) electrons. The van der Waals surface area contributed by atoms with Gasteiger partial charge in [0.15, 0.2) is 17.4 Å². The highest BCUT2D eigenvalue weighted by atomic mass is 19.3. The topological polar surface area (TPSA) is 111 Å². The Morgan fingerprint density at radius 1 is 1.10 bits per heavy atom. The fraction of sp³-hybridized carbons (Fsp3) is 0.308. The Morgan fingerprint density at radius 2 is 1.90 bits per heavy atom. The van der Waals surface area contributed by atoms with Crippen molar-refractivity contribution in [2.24, 2.45) is 0 Å². The second-order valence-corrected chi connectivity index (χ2v) is 9.58. The smallest absolute Gasteiger partial charge is 0.282 e. The number of benzene rings is 1. The van der Waals surface area contributed by atoms with Crippen LogP contribution in [0.1, 0.15) is 16.1 Å². The van der Waals surface area contributed by atoms with Gasteiger partial charge in [0.05, 0.1) is 25.0 Å². The summed E-state index contributed by atoms with van der Waals surface area (Å²) >= 11 is 0. The molecule has 0 atom stereocenters. The molecule has 1 aromatic carbocycles. The fourth-order valence-corrected chi connectivity index (χ4v) is 4.71. The maximum absolute atomic E-state index is 15.3. The third kappa shape index (κ3) is 4.92. The molecule has 2 aliphatic heterocycles. The minimum atomic E-state index is -2.98. The van der Waals surface area contributed by atoms with Gasteiger partial charge >= 0.3 is 0 Å². The van der Waals surface area contributed by atoms with E-state index in [2.05, 4.69) is 35.5 Å². The Morgan fingerprint density at radius 3 is 2.62 bits per heavy atom. The number of rotatable bonds is 6. The first-order valence-electron chi connectivity index (χ1n) is 12.4. The summed E-state index contributed by atoms with van der Waals surface area (Å²) in [7, 11) is 0. The highest BCUT2D eigenvalue weighted by molar-refractivity contribution is 6.02. The lowest BCUT2D eigenvalue weighted by atomic mass is 10.1. The van der Waals surface area contributed by atoms with Crippen LogP contribution in [-0.2, 0) is 0 Å². The van der Waals surface area contributed by atoms with Crippen molar-refractivity contribution < 1.29 is 22.7 Å². The summed E-state index contributed by atoms with van der Waals surface area (Å²) in [6, 6.07) is 8.30. The number of aryl methyl sites for hydroxylation is 1. The molecule has 0 unspecified atom stereocenters. The van der Waals surface area contributed by atoms with E-state index in [1.807, 2.05) is 6.07 Å². The van der Waals surface area contributed by atoms with Crippen molar-refractivity contribution in [3.8, 4) is 11.6 Å². The van der Waals surface area contributed by atoms with E-state index in [0.717, 1.165) is 48.8 Å². The number of nitrogens with one attached hydrogen (secondary N) is 3. The Kier molecular flexibility index (Phi) is 6.22. The van der Waals surface area contributed by atoms with Gasteiger partial charge in [-0.1, -0.05) is 0 Å². The molecule has 0 spiro atoms. The van der Waals surface area contributed by atoms with Crippen LogP contribution < -0.4 is 20.3 Å². The van der Waals surface area contributed by atoms with Crippen LogP contribution in [0.5, 0.6) is 11.6 Å². The molecule has 6 rings (SSSR count). The van der Waals surface area contributed by atoms with E-state index < -0.39 is 30.7 Å². The number of hydrogen-bond donors (Lipinski definition) is 3. The first-order chi connectivity index (χ1) is 18.8. The third-order valence-corrected chi connectivity index (χ3v) is 6.68. The number of likely N-dealkylation sites (tertiary alicyclic amines) is 1. The molecule has 39 heavy (non-hydrogen) atoms. The molecule has 0 aliphatic carbocycles. The molecule has 1 amide bonds. The van der Waals surface area contributed by atoms with Crippen molar-refractivity contribution in [3.63, 3.8) is 0 Å².